The van der Waals surface area contributed by atoms with E-state index in [-0.39, 0.29) is 11.4 Å². The van der Waals surface area contributed by atoms with E-state index in [1.54, 1.807) is 17.4 Å². The topological polar surface area (TPSA) is 61.0 Å². The number of anilines is 1. The third-order valence-corrected chi connectivity index (χ3v) is 6.87. The van der Waals surface area contributed by atoms with Gasteiger partial charge in [0.2, 0.25) is 0 Å². The molecule has 1 aliphatic heterocycles. The molecule has 0 saturated carbocycles. The predicted octanol–water partition coefficient (Wildman–Crippen LogP) is 4.95. The lowest BCUT2D eigenvalue weighted by Gasteiger charge is -2.33. The second-order valence-electron chi connectivity index (χ2n) is 6.76. The van der Waals surface area contributed by atoms with Crippen molar-refractivity contribution in [1.82, 2.24) is 9.97 Å². The fourth-order valence-electron chi connectivity index (χ4n) is 3.15. The number of nitrogen functional groups attached to an aromatic ring is 1. The van der Waals surface area contributed by atoms with E-state index in [2.05, 4.69) is 18.8 Å². The summed E-state index contributed by atoms with van der Waals surface area (Å²) in [6.45, 7) is 4.88. The van der Waals surface area contributed by atoms with Crippen LogP contribution >= 0.6 is 23.1 Å². The molecular formula is C19H20FN3OS2. The van der Waals surface area contributed by atoms with Crippen molar-refractivity contribution >= 4 is 39.1 Å². The van der Waals surface area contributed by atoms with Crippen LogP contribution < -0.4 is 5.73 Å². The van der Waals surface area contributed by atoms with E-state index < -0.39 is 0 Å². The number of aromatic nitrogens is 2. The summed E-state index contributed by atoms with van der Waals surface area (Å²) in [6.07, 6.45) is 1.79. The van der Waals surface area contributed by atoms with Gasteiger partial charge in [0.15, 0.2) is 5.16 Å². The van der Waals surface area contributed by atoms with Crippen molar-refractivity contribution in [2.75, 3.05) is 5.73 Å². The number of rotatable bonds is 4. The van der Waals surface area contributed by atoms with Crippen molar-refractivity contribution in [2.24, 2.45) is 0 Å². The third kappa shape index (κ3) is 3.31. The molecule has 1 atom stereocenters. The summed E-state index contributed by atoms with van der Waals surface area (Å²) in [6, 6.07) is 6.57. The number of ether oxygens (including phenoxy) is 1. The van der Waals surface area contributed by atoms with Gasteiger partial charge in [-0.2, -0.15) is 0 Å². The Hall–Kier alpha value is -1.70. The molecule has 3 heterocycles. The van der Waals surface area contributed by atoms with Crippen molar-refractivity contribution in [3.05, 3.63) is 46.1 Å². The number of nitrogens with two attached hydrogens (primary N) is 1. The van der Waals surface area contributed by atoms with Gasteiger partial charge < -0.3 is 10.5 Å². The summed E-state index contributed by atoms with van der Waals surface area (Å²) in [5, 5.41) is 1.60. The molecule has 7 heteroatoms. The van der Waals surface area contributed by atoms with Gasteiger partial charge in [-0.3, -0.25) is 0 Å². The van der Waals surface area contributed by atoms with Crippen LogP contribution in [0.1, 0.15) is 36.3 Å². The molecule has 1 aliphatic rings. The maximum atomic E-state index is 13.3. The lowest BCUT2D eigenvalue weighted by atomic mass is 9.90. The van der Waals surface area contributed by atoms with Gasteiger partial charge in [-0.15, -0.1) is 11.3 Å². The average molecular weight is 390 g/mol. The molecule has 1 aromatic carbocycles. The fraction of sp³-hybridized carbons (Fsp3) is 0.368. The van der Waals surface area contributed by atoms with Gasteiger partial charge in [-0.25, -0.2) is 14.4 Å². The van der Waals surface area contributed by atoms with E-state index in [0.29, 0.717) is 23.3 Å². The zero-order valence-electron chi connectivity index (χ0n) is 14.7. The summed E-state index contributed by atoms with van der Waals surface area (Å²) >= 11 is 3.10. The number of nitrogens with zero attached hydrogens (tertiary/aromatic N) is 2. The molecule has 4 nitrogen and oxygen atoms in total. The molecule has 2 aromatic heterocycles. The molecule has 136 valence electrons. The van der Waals surface area contributed by atoms with Crippen LogP contribution in [0.15, 0.2) is 29.4 Å². The number of benzene rings is 1. The van der Waals surface area contributed by atoms with Gasteiger partial charge >= 0.3 is 0 Å². The van der Waals surface area contributed by atoms with Crippen LogP contribution in [0.3, 0.4) is 0 Å². The van der Waals surface area contributed by atoms with Gasteiger partial charge in [0, 0.05) is 17.1 Å². The summed E-state index contributed by atoms with van der Waals surface area (Å²) in [7, 11) is 0. The second kappa shape index (κ2) is 6.79. The number of hydrogen-bond acceptors (Lipinski definition) is 6. The monoisotopic (exact) mass is 389 g/mol. The zero-order chi connectivity index (χ0) is 18.3. The first kappa shape index (κ1) is 17.7. The Kier molecular flexibility index (Phi) is 4.62. The summed E-state index contributed by atoms with van der Waals surface area (Å²) in [5.41, 5.74) is 8.27. The summed E-state index contributed by atoms with van der Waals surface area (Å²) in [5.74, 6) is 0.892. The van der Waals surface area contributed by atoms with Crippen LogP contribution in [0.4, 0.5) is 10.2 Å². The van der Waals surface area contributed by atoms with E-state index in [0.717, 1.165) is 28.6 Å². The highest BCUT2D eigenvalue weighted by molar-refractivity contribution is 7.98. The molecule has 2 N–H and O–H groups in total. The van der Waals surface area contributed by atoms with Crippen LogP contribution in [0.5, 0.6) is 0 Å². The Morgan fingerprint density at radius 2 is 2.23 bits per heavy atom. The molecule has 0 bridgehead atoms. The van der Waals surface area contributed by atoms with Crippen molar-refractivity contribution < 1.29 is 9.13 Å². The SMILES string of the molecule is CC[C@@]1(C)Cc2c(sc3nc(SCc4cccc(F)c4)nc(N)c23)CO1. The quantitative estimate of drug-likeness (QED) is 0.505. The van der Waals surface area contributed by atoms with Crippen LogP contribution in [0.2, 0.25) is 0 Å². The molecule has 0 unspecified atom stereocenters. The lowest BCUT2D eigenvalue weighted by Crippen LogP contribution is -2.33. The molecule has 0 radical (unpaired) electrons. The Bertz CT molecular complexity index is 975. The van der Waals surface area contributed by atoms with Crippen LogP contribution in [0, 0.1) is 5.82 Å². The van der Waals surface area contributed by atoms with Crippen molar-refractivity contribution in [1.29, 1.82) is 0 Å². The molecule has 0 fully saturated rings. The zero-order valence-corrected chi connectivity index (χ0v) is 16.3. The number of thioether (sulfide) groups is 1. The normalized spacial score (nSPS) is 19.7. The number of halogens is 1. The van der Waals surface area contributed by atoms with Crippen molar-refractivity contribution in [3.8, 4) is 0 Å². The Balaban J connectivity index is 1.63. The Morgan fingerprint density at radius 3 is 3.00 bits per heavy atom. The van der Waals surface area contributed by atoms with E-state index >= 15 is 0 Å². The average Bonchev–Trinajstić information content (AvgIpc) is 2.98. The third-order valence-electron chi connectivity index (χ3n) is 4.85. The first-order valence-electron chi connectivity index (χ1n) is 8.56. The highest BCUT2D eigenvalue weighted by Crippen LogP contribution is 2.41. The van der Waals surface area contributed by atoms with Gasteiger partial charge in [-0.1, -0.05) is 30.8 Å². The maximum absolute atomic E-state index is 13.3. The molecule has 0 aliphatic carbocycles. The smallest absolute Gasteiger partial charge is 0.191 e. The van der Waals surface area contributed by atoms with Crippen molar-refractivity contribution in [3.63, 3.8) is 0 Å². The van der Waals surface area contributed by atoms with E-state index in [1.807, 2.05) is 6.07 Å². The summed E-state index contributed by atoms with van der Waals surface area (Å²) < 4.78 is 19.4. The van der Waals surface area contributed by atoms with Gasteiger partial charge in [0.1, 0.15) is 16.5 Å². The van der Waals surface area contributed by atoms with Crippen molar-refractivity contribution in [2.45, 2.75) is 49.8 Å². The van der Waals surface area contributed by atoms with Crippen LogP contribution in [0.25, 0.3) is 10.2 Å². The largest absolute Gasteiger partial charge is 0.383 e. The van der Waals surface area contributed by atoms with E-state index in [1.165, 1.54) is 34.3 Å². The molecule has 0 saturated heterocycles. The van der Waals surface area contributed by atoms with Crippen LogP contribution in [-0.4, -0.2) is 15.6 Å². The standard InChI is InChI=1S/C19H20FN3OS2/c1-3-19(2)8-13-14(9-24-19)26-17-15(13)16(21)22-18(23-17)25-10-11-5-4-6-12(20)7-11/h4-7H,3,8-10H2,1-2H3,(H2,21,22,23)/t19-/m0/s1. The first-order chi connectivity index (χ1) is 12.5. The molecule has 3 aromatic rings. The fourth-order valence-corrected chi connectivity index (χ4v) is 5.11. The first-order valence-corrected chi connectivity index (χ1v) is 10.4. The van der Waals surface area contributed by atoms with Gasteiger partial charge in [0.05, 0.1) is 17.6 Å². The summed E-state index contributed by atoms with van der Waals surface area (Å²) in [4.78, 5) is 11.3. The Morgan fingerprint density at radius 1 is 1.38 bits per heavy atom. The van der Waals surface area contributed by atoms with E-state index in [9.17, 15) is 4.39 Å². The molecule has 26 heavy (non-hydrogen) atoms. The molecule has 0 amide bonds. The van der Waals surface area contributed by atoms with Crippen LogP contribution in [-0.2, 0) is 23.5 Å². The molecular weight excluding hydrogens is 369 g/mol. The minimum atomic E-state index is -0.233. The second-order valence-corrected chi connectivity index (χ2v) is 8.79. The Labute approximate surface area is 160 Å². The molecule has 0 spiro atoms. The lowest BCUT2D eigenvalue weighted by molar-refractivity contribution is -0.0542. The van der Waals surface area contributed by atoms with E-state index in [4.69, 9.17) is 15.5 Å². The van der Waals surface area contributed by atoms with Gasteiger partial charge in [-0.05, 0) is 36.6 Å². The highest BCUT2D eigenvalue weighted by Gasteiger charge is 2.32. The number of thiophene rings is 1. The molecule has 4 rings (SSSR count). The van der Waals surface area contributed by atoms with Gasteiger partial charge in [0.25, 0.3) is 0 Å². The number of hydrogen-bond donors (Lipinski definition) is 1. The minimum absolute atomic E-state index is 0.155. The maximum Gasteiger partial charge on any atom is 0.191 e. The number of fused-ring (bicyclic) bond motifs is 3. The minimum Gasteiger partial charge on any atom is -0.383 e. The highest BCUT2D eigenvalue weighted by atomic mass is 32.2. The predicted molar refractivity (Wildman–Crippen MR) is 105 cm³/mol.